The van der Waals surface area contributed by atoms with Crippen molar-refractivity contribution in [3.05, 3.63) is 46.7 Å². The van der Waals surface area contributed by atoms with Gasteiger partial charge in [0.15, 0.2) is 0 Å². The molecular formula is C13H9BrN2O2. The molecule has 0 fully saturated rings. The van der Waals surface area contributed by atoms with Crippen molar-refractivity contribution in [2.45, 2.75) is 0 Å². The molecule has 0 aliphatic carbocycles. The van der Waals surface area contributed by atoms with Crippen LogP contribution < -0.4 is 9.47 Å². The Kier molecular flexibility index (Phi) is 3.80. The number of nitriles is 1. The number of hydrogen-bond acceptors (Lipinski definition) is 4. The van der Waals surface area contributed by atoms with Gasteiger partial charge in [0, 0.05) is 16.7 Å². The molecule has 2 rings (SSSR count). The third kappa shape index (κ3) is 2.99. The summed E-state index contributed by atoms with van der Waals surface area (Å²) in [5.41, 5.74) is 0.479. The first kappa shape index (κ1) is 12.4. The van der Waals surface area contributed by atoms with Gasteiger partial charge in [-0.05, 0) is 34.1 Å². The van der Waals surface area contributed by atoms with E-state index < -0.39 is 0 Å². The third-order valence-corrected chi connectivity index (χ3v) is 2.59. The SMILES string of the molecule is COc1cc(C#N)cc(Oc2cncc(Br)c2)c1. The number of halogens is 1. The zero-order valence-corrected chi connectivity index (χ0v) is 11.1. The van der Waals surface area contributed by atoms with Crippen molar-refractivity contribution in [3.8, 4) is 23.3 Å². The van der Waals surface area contributed by atoms with Crippen molar-refractivity contribution in [1.29, 1.82) is 5.26 Å². The van der Waals surface area contributed by atoms with Crippen LogP contribution >= 0.6 is 15.9 Å². The summed E-state index contributed by atoms with van der Waals surface area (Å²) >= 11 is 3.31. The van der Waals surface area contributed by atoms with Gasteiger partial charge in [-0.15, -0.1) is 0 Å². The molecule has 0 atom stereocenters. The van der Waals surface area contributed by atoms with E-state index in [1.54, 1.807) is 43.8 Å². The zero-order chi connectivity index (χ0) is 13.0. The summed E-state index contributed by atoms with van der Waals surface area (Å²) in [5.74, 6) is 1.69. The lowest BCUT2D eigenvalue weighted by atomic mass is 10.2. The highest BCUT2D eigenvalue weighted by Gasteiger charge is 2.04. The lowest BCUT2D eigenvalue weighted by Crippen LogP contribution is -1.89. The molecule has 0 unspecified atom stereocenters. The number of ether oxygens (including phenoxy) is 2. The van der Waals surface area contributed by atoms with Crippen LogP contribution in [0, 0.1) is 11.3 Å². The number of rotatable bonds is 3. The Morgan fingerprint density at radius 1 is 1.11 bits per heavy atom. The standard InChI is InChI=1S/C13H9BrN2O2/c1-17-11-2-9(6-15)3-12(5-11)18-13-4-10(14)7-16-8-13/h2-5,7-8H,1H3. The molecule has 0 spiro atoms. The Hall–Kier alpha value is -2.06. The topological polar surface area (TPSA) is 55.1 Å². The van der Waals surface area contributed by atoms with E-state index in [9.17, 15) is 0 Å². The van der Waals surface area contributed by atoms with E-state index in [0.29, 0.717) is 22.8 Å². The molecule has 18 heavy (non-hydrogen) atoms. The molecule has 90 valence electrons. The van der Waals surface area contributed by atoms with E-state index in [4.69, 9.17) is 14.7 Å². The van der Waals surface area contributed by atoms with Gasteiger partial charge in [0.1, 0.15) is 17.2 Å². The lowest BCUT2D eigenvalue weighted by Gasteiger charge is -2.08. The molecule has 5 heteroatoms. The van der Waals surface area contributed by atoms with Crippen LogP contribution in [0.4, 0.5) is 0 Å². The van der Waals surface area contributed by atoms with E-state index in [2.05, 4.69) is 27.0 Å². The molecule has 0 saturated heterocycles. The van der Waals surface area contributed by atoms with Crippen LogP contribution in [-0.2, 0) is 0 Å². The highest BCUT2D eigenvalue weighted by Crippen LogP contribution is 2.27. The highest BCUT2D eigenvalue weighted by molar-refractivity contribution is 9.10. The second kappa shape index (κ2) is 5.52. The van der Waals surface area contributed by atoms with Crippen molar-refractivity contribution in [2.24, 2.45) is 0 Å². The Morgan fingerprint density at radius 3 is 2.56 bits per heavy atom. The summed E-state index contributed by atoms with van der Waals surface area (Å²) in [6, 6.07) is 8.84. The highest BCUT2D eigenvalue weighted by atomic mass is 79.9. The van der Waals surface area contributed by atoms with Crippen LogP contribution in [0.25, 0.3) is 0 Å². The molecule has 0 N–H and O–H groups in total. The Labute approximate surface area is 113 Å². The molecule has 1 aromatic heterocycles. The Morgan fingerprint density at radius 2 is 1.89 bits per heavy atom. The number of aromatic nitrogens is 1. The molecule has 2 aromatic rings. The molecule has 0 bridgehead atoms. The Bertz CT molecular complexity index is 608. The average molecular weight is 305 g/mol. The minimum absolute atomic E-state index is 0.479. The lowest BCUT2D eigenvalue weighted by molar-refractivity contribution is 0.408. The summed E-state index contributed by atoms with van der Waals surface area (Å²) in [5, 5.41) is 8.91. The van der Waals surface area contributed by atoms with Crippen LogP contribution in [0.2, 0.25) is 0 Å². The summed E-state index contributed by atoms with van der Waals surface area (Å²) < 4.78 is 11.5. The van der Waals surface area contributed by atoms with E-state index in [-0.39, 0.29) is 0 Å². The quantitative estimate of drug-likeness (QED) is 0.870. The fraction of sp³-hybridized carbons (Fsp3) is 0.0769. The van der Waals surface area contributed by atoms with Gasteiger partial charge in [0.2, 0.25) is 0 Å². The third-order valence-electron chi connectivity index (χ3n) is 2.16. The van der Waals surface area contributed by atoms with E-state index in [1.807, 2.05) is 0 Å². The fourth-order valence-corrected chi connectivity index (χ4v) is 1.74. The molecule has 1 aromatic carbocycles. The zero-order valence-electron chi connectivity index (χ0n) is 9.55. The van der Waals surface area contributed by atoms with Crippen molar-refractivity contribution in [1.82, 2.24) is 4.98 Å². The van der Waals surface area contributed by atoms with Crippen molar-refractivity contribution >= 4 is 15.9 Å². The minimum atomic E-state index is 0.479. The molecule has 0 saturated carbocycles. The predicted molar refractivity (Wildman–Crippen MR) is 69.7 cm³/mol. The second-order valence-electron chi connectivity index (χ2n) is 3.45. The van der Waals surface area contributed by atoms with Crippen LogP contribution in [0.3, 0.4) is 0 Å². The largest absolute Gasteiger partial charge is 0.497 e. The maximum atomic E-state index is 8.91. The maximum absolute atomic E-state index is 8.91. The van der Waals surface area contributed by atoms with Gasteiger partial charge in [0.25, 0.3) is 0 Å². The first-order chi connectivity index (χ1) is 8.71. The molecule has 0 radical (unpaired) electrons. The minimum Gasteiger partial charge on any atom is -0.497 e. The monoisotopic (exact) mass is 304 g/mol. The van der Waals surface area contributed by atoms with E-state index >= 15 is 0 Å². The number of hydrogen-bond donors (Lipinski definition) is 0. The number of nitrogens with zero attached hydrogens (tertiary/aromatic N) is 2. The summed E-state index contributed by atoms with van der Waals surface area (Å²) in [7, 11) is 1.54. The van der Waals surface area contributed by atoms with Gasteiger partial charge in [-0.1, -0.05) is 0 Å². The summed E-state index contributed by atoms with van der Waals surface area (Å²) in [6.45, 7) is 0. The van der Waals surface area contributed by atoms with E-state index in [0.717, 1.165) is 4.47 Å². The van der Waals surface area contributed by atoms with Crippen LogP contribution in [0.15, 0.2) is 41.1 Å². The first-order valence-electron chi connectivity index (χ1n) is 5.09. The maximum Gasteiger partial charge on any atom is 0.146 e. The van der Waals surface area contributed by atoms with Crippen molar-refractivity contribution in [2.75, 3.05) is 7.11 Å². The predicted octanol–water partition coefficient (Wildman–Crippen LogP) is 3.52. The van der Waals surface area contributed by atoms with Crippen molar-refractivity contribution in [3.63, 3.8) is 0 Å². The molecule has 1 heterocycles. The molecule has 0 amide bonds. The van der Waals surface area contributed by atoms with Gasteiger partial charge in [-0.2, -0.15) is 5.26 Å². The van der Waals surface area contributed by atoms with Gasteiger partial charge < -0.3 is 9.47 Å². The molecule has 0 aliphatic heterocycles. The van der Waals surface area contributed by atoms with Gasteiger partial charge in [0.05, 0.1) is 24.9 Å². The number of methoxy groups -OCH3 is 1. The van der Waals surface area contributed by atoms with Gasteiger partial charge in [-0.25, -0.2) is 0 Å². The molecular weight excluding hydrogens is 296 g/mol. The fourth-order valence-electron chi connectivity index (χ4n) is 1.40. The summed E-state index contributed by atoms with van der Waals surface area (Å²) in [4.78, 5) is 4.00. The normalized spacial score (nSPS) is 9.61. The van der Waals surface area contributed by atoms with Crippen LogP contribution in [0.5, 0.6) is 17.2 Å². The van der Waals surface area contributed by atoms with Crippen molar-refractivity contribution < 1.29 is 9.47 Å². The average Bonchev–Trinajstić information content (AvgIpc) is 2.38. The second-order valence-corrected chi connectivity index (χ2v) is 4.37. The molecule has 4 nitrogen and oxygen atoms in total. The Balaban J connectivity index is 2.31. The number of benzene rings is 1. The van der Waals surface area contributed by atoms with Gasteiger partial charge in [-0.3, -0.25) is 4.98 Å². The van der Waals surface area contributed by atoms with Crippen LogP contribution in [0.1, 0.15) is 5.56 Å². The van der Waals surface area contributed by atoms with E-state index in [1.165, 1.54) is 0 Å². The van der Waals surface area contributed by atoms with Gasteiger partial charge >= 0.3 is 0 Å². The first-order valence-corrected chi connectivity index (χ1v) is 5.88. The number of pyridine rings is 1. The smallest absolute Gasteiger partial charge is 0.146 e. The summed E-state index contributed by atoms with van der Waals surface area (Å²) in [6.07, 6.45) is 3.26. The molecule has 0 aliphatic rings. The van der Waals surface area contributed by atoms with Crippen LogP contribution in [-0.4, -0.2) is 12.1 Å².